The van der Waals surface area contributed by atoms with Crippen LogP contribution in [0, 0.1) is 0 Å². The summed E-state index contributed by atoms with van der Waals surface area (Å²) in [5, 5.41) is 0. The van der Waals surface area contributed by atoms with Crippen LogP contribution in [-0.2, 0) is 4.79 Å². The number of amides is 1. The van der Waals surface area contributed by atoms with Crippen molar-refractivity contribution in [2.24, 2.45) is 5.73 Å². The predicted octanol–water partition coefficient (Wildman–Crippen LogP) is 1.15. The van der Waals surface area contributed by atoms with E-state index < -0.39 is 0 Å². The molecule has 3 heteroatoms. The van der Waals surface area contributed by atoms with Crippen LogP contribution in [0.1, 0.15) is 26.7 Å². The lowest BCUT2D eigenvalue weighted by atomic mass is 10.1. The second-order valence-corrected chi connectivity index (χ2v) is 3.06. The minimum Gasteiger partial charge on any atom is -0.338 e. The molecule has 0 aromatic heterocycles. The van der Waals surface area contributed by atoms with E-state index in [0.29, 0.717) is 13.1 Å². The summed E-state index contributed by atoms with van der Waals surface area (Å²) in [5.74, 6) is 0.0317. The normalized spacial score (nSPS) is 12.2. The Morgan fingerprint density at radius 3 is 2.62 bits per heavy atom. The predicted molar refractivity (Wildman–Crippen MR) is 55.3 cm³/mol. The lowest BCUT2D eigenvalue weighted by molar-refractivity contribution is -0.132. The summed E-state index contributed by atoms with van der Waals surface area (Å²) in [6.07, 6.45) is 3.42. The zero-order chi connectivity index (χ0) is 10.3. The molecule has 1 atom stereocenters. The minimum atomic E-state index is -0.343. The Kier molecular flexibility index (Phi) is 6.24. The van der Waals surface area contributed by atoms with Crippen LogP contribution in [0.3, 0.4) is 0 Å². The molecule has 13 heavy (non-hydrogen) atoms. The van der Waals surface area contributed by atoms with Gasteiger partial charge in [-0.05, 0) is 13.3 Å². The van der Waals surface area contributed by atoms with Gasteiger partial charge in [-0.1, -0.05) is 19.4 Å². The van der Waals surface area contributed by atoms with Gasteiger partial charge >= 0.3 is 0 Å². The lowest BCUT2D eigenvalue weighted by Gasteiger charge is -2.22. The standard InChI is InChI=1S/C10H20N2O/c1-4-7-9(11)10(13)12(6-3)8-5-2/h5,9H,2,4,6-8,11H2,1,3H3/t9-/m1/s1. The van der Waals surface area contributed by atoms with E-state index in [0.717, 1.165) is 12.8 Å². The van der Waals surface area contributed by atoms with Gasteiger partial charge in [-0.25, -0.2) is 0 Å². The molecule has 0 radical (unpaired) electrons. The van der Waals surface area contributed by atoms with Gasteiger partial charge in [-0.15, -0.1) is 6.58 Å². The maximum atomic E-state index is 11.6. The van der Waals surface area contributed by atoms with Crippen molar-refractivity contribution >= 4 is 5.91 Å². The van der Waals surface area contributed by atoms with Crippen LogP contribution in [0.15, 0.2) is 12.7 Å². The molecule has 0 aliphatic heterocycles. The number of carbonyl (C=O) groups excluding carboxylic acids is 1. The summed E-state index contributed by atoms with van der Waals surface area (Å²) in [6.45, 7) is 8.86. The van der Waals surface area contributed by atoms with Crippen LogP contribution in [-0.4, -0.2) is 29.9 Å². The molecular formula is C10H20N2O. The number of hydrogen-bond donors (Lipinski definition) is 1. The number of nitrogens with zero attached hydrogens (tertiary/aromatic N) is 1. The number of nitrogens with two attached hydrogens (primary N) is 1. The van der Waals surface area contributed by atoms with E-state index in [1.54, 1.807) is 11.0 Å². The van der Waals surface area contributed by atoms with Crippen molar-refractivity contribution in [1.29, 1.82) is 0 Å². The average molecular weight is 184 g/mol. The molecule has 2 N–H and O–H groups in total. The van der Waals surface area contributed by atoms with Crippen molar-refractivity contribution in [2.75, 3.05) is 13.1 Å². The van der Waals surface area contributed by atoms with E-state index >= 15 is 0 Å². The third-order valence-electron chi connectivity index (χ3n) is 1.96. The summed E-state index contributed by atoms with van der Waals surface area (Å²) in [6, 6.07) is -0.343. The molecule has 0 saturated carbocycles. The third kappa shape index (κ3) is 4.08. The van der Waals surface area contributed by atoms with Crippen LogP contribution in [0.4, 0.5) is 0 Å². The molecule has 0 aliphatic rings. The Bertz CT molecular complexity index is 168. The number of rotatable bonds is 6. The van der Waals surface area contributed by atoms with Crippen molar-refractivity contribution in [3.8, 4) is 0 Å². The zero-order valence-corrected chi connectivity index (χ0v) is 8.62. The Balaban J connectivity index is 4.09. The molecule has 0 aromatic rings. The zero-order valence-electron chi connectivity index (χ0n) is 8.62. The highest BCUT2D eigenvalue weighted by Crippen LogP contribution is 1.99. The monoisotopic (exact) mass is 184 g/mol. The summed E-state index contributed by atoms with van der Waals surface area (Å²) in [4.78, 5) is 13.3. The molecule has 1 amide bonds. The highest BCUT2D eigenvalue weighted by Gasteiger charge is 2.17. The van der Waals surface area contributed by atoms with Gasteiger partial charge < -0.3 is 10.6 Å². The van der Waals surface area contributed by atoms with Gasteiger partial charge in [0.2, 0.25) is 5.91 Å². The first-order chi connectivity index (χ1) is 6.17. The fourth-order valence-corrected chi connectivity index (χ4v) is 1.20. The van der Waals surface area contributed by atoms with Crippen LogP contribution in [0.2, 0.25) is 0 Å². The lowest BCUT2D eigenvalue weighted by Crippen LogP contribution is -2.43. The fraction of sp³-hybridized carbons (Fsp3) is 0.700. The van der Waals surface area contributed by atoms with Crippen molar-refractivity contribution in [2.45, 2.75) is 32.7 Å². The van der Waals surface area contributed by atoms with Gasteiger partial charge in [0.1, 0.15) is 0 Å². The molecule has 0 rings (SSSR count). The molecule has 0 fully saturated rings. The second kappa shape index (κ2) is 6.66. The van der Waals surface area contributed by atoms with E-state index in [2.05, 4.69) is 6.58 Å². The van der Waals surface area contributed by atoms with Crippen molar-refractivity contribution in [3.63, 3.8) is 0 Å². The Morgan fingerprint density at radius 1 is 1.62 bits per heavy atom. The first kappa shape index (κ1) is 12.2. The topological polar surface area (TPSA) is 46.3 Å². The molecular weight excluding hydrogens is 164 g/mol. The number of likely N-dealkylation sites (N-methyl/N-ethyl adjacent to an activating group) is 1. The quantitative estimate of drug-likeness (QED) is 0.629. The molecule has 0 saturated heterocycles. The second-order valence-electron chi connectivity index (χ2n) is 3.06. The van der Waals surface area contributed by atoms with Crippen molar-refractivity contribution in [3.05, 3.63) is 12.7 Å². The van der Waals surface area contributed by atoms with E-state index in [1.807, 2.05) is 13.8 Å². The van der Waals surface area contributed by atoms with Crippen LogP contribution < -0.4 is 5.73 Å². The van der Waals surface area contributed by atoms with Gasteiger partial charge in [0.05, 0.1) is 6.04 Å². The van der Waals surface area contributed by atoms with E-state index in [-0.39, 0.29) is 11.9 Å². The van der Waals surface area contributed by atoms with E-state index in [1.165, 1.54) is 0 Å². The van der Waals surface area contributed by atoms with Gasteiger partial charge in [0.15, 0.2) is 0 Å². The van der Waals surface area contributed by atoms with Crippen LogP contribution >= 0.6 is 0 Å². The Morgan fingerprint density at radius 2 is 2.23 bits per heavy atom. The molecule has 76 valence electrons. The van der Waals surface area contributed by atoms with E-state index in [9.17, 15) is 4.79 Å². The number of carbonyl (C=O) groups is 1. The molecule has 3 nitrogen and oxygen atoms in total. The highest BCUT2D eigenvalue weighted by atomic mass is 16.2. The van der Waals surface area contributed by atoms with Crippen molar-refractivity contribution in [1.82, 2.24) is 4.90 Å². The van der Waals surface area contributed by atoms with Gasteiger partial charge in [0, 0.05) is 13.1 Å². The summed E-state index contributed by atoms with van der Waals surface area (Å²) in [5.41, 5.74) is 5.71. The molecule has 0 spiro atoms. The highest BCUT2D eigenvalue weighted by molar-refractivity contribution is 5.81. The van der Waals surface area contributed by atoms with Crippen molar-refractivity contribution < 1.29 is 4.79 Å². The van der Waals surface area contributed by atoms with Gasteiger partial charge in [0.25, 0.3) is 0 Å². The fourth-order valence-electron chi connectivity index (χ4n) is 1.20. The third-order valence-corrected chi connectivity index (χ3v) is 1.96. The Labute approximate surface area is 80.6 Å². The SMILES string of the molecule is C=CCN(CC)C(=O)[C@H](N)CCC. The van der Waals surface area contributed by atoms with Crippen LogP contribution in [0.25, 0.3) is 0 Å². The molecule has 0 aliphatic carbocycles. The molecule has 0 bridgehead atoms. The average Bonchev–Trinajstić information content (AvgIpc) is 2.13. The summed E-state index contributed by atoms with van der Waals surface area (Å²) >= 11 is 0. The minimum absolute atomic E-state index is 0.0317. The Hall–Kier alpha value is -0.830. The first-order valence-corrected chi connectivity index (χ1v) is 4.82. The van der Waals surface area contributed by atoms with Gasteiger partial charge in [-0.3, -0.25) is 4.79 Å². The van der Waals surface area contributed by atoms with Crippen LogP contribution in [0.5, 0.6) is 0 Å². The molecule has 0 unspecified atom stereocenters. The maximum Gasteiger partial charge on any atom is 0.239 e. The smallest absolute Gasteiger partial charge is 0.239 e. The summed E-state index contributed by atoms with van der Waals surface area (Å²) in [7, 11) is 0. The first-order valence-electron chi connectivity index (χ1n) is 4.82. The summed E-state index contributed by atoms with van der Waals surface area (Å²) < 4.78 is 0. The van der Waals surface area contributed by atoms with Gasteiger partial charge in [-0.2, -0.15) is 0 Å². The van der Waals surface area contributed by atoms with E-state index in [4.69, 9.17) is 5.73 Å². The number of hydrogen-bond acceptors (Lipinski definition) is 2. The molecule has 0 heterocycles. The molecule has 0 aromatic carbocycles. The maximum absolute atomic E-state index is 11.6. The largest absolute Gasteiger partial charge is 0.338 e.